The molecule has 0 saturated heterocycles. The second-order valence-electron chi connectivity index (χ2n) is 9.47. The molecule has 0 unspecified atom stereocenters. The van der Waals surface area contributed by atoms with Crippen LogP contribution >= 0.6 is 48.9 Å². The molecule has 25 heteroatoms. The molecule has 0 aliphatic rings. The van der Waals surface area contributed by atoms with Crippen LogP contribution in [0, 0.1) is 0 Å². The number of rotatable bonds is 32. The molecule has 0 aliphatic heterocycles. The van der Waals surface area contributed by atoms with Gasteiger partial charge in [-0.25, -0.2) is 20.0 Å². The van der Waals surface area contributed by atoms with Crippen molar-refractivity contribution in [1.82, 2.24) is 0 Å². The van der Waals surface area contributed by atoms with E-state index in [1.54, 1.807) is 0 Å². The molecule has 12 radical (unpaired) electrons. The van der Waals surface area contributed by atoms with E-state index < -0.39 is 25.9 Å². The van der Waals surface area contributed by atoms with Crippen molar-refractivity contribution in [2.45, 2.75) is 76.0 Å². The highest BCUT2D eigenvalue weighted by atomic mass is 32.1. The Balaban J connectivity index is 5.57. The highest BCUT2D eigenvalue weighted by Crippen LogP contribution is 2.25. The Bertz CT molecular complexity index is 913. The van der Waals surface area contributed by atoms with Gasteiger partial charge in [-0.3, -0.25) is 0 Å². The summed E-state index contributed by atoms with van der Waals surface area (Å²) in [5, 5.41) is 9.52. The van der Waals surface area contributed by atoms with Crippen LogP contribution in [0.1, 0.15) is 25.7 Å². The zero-order valence-electron chi connectivity index (χ0n) is 25.7. The van der Waals surface area contributed by atoms with E-state index in [4.69, 9.17) is 32.9 Å². The van der Waals surface area contributed by atoms with Gasteiger partial charge >= 0.3 is 47.6 Å². The van der Waals surface area contributed by atoms with Crippen LogP contribution in [0.15, 0.2) is 20.0 Å². The zero-order chi connectivity index (χ0) is 33.5. The second kappa shape index (κ2) is 30.9. The molecule has 0 fully saturated rings. The highest BCUT2D eigenvalue weighted by Gasteiger charge is 2.52. The highest BCUT2D eigenvalue weighted by molar-refractivity contribution is 7.78. The minimum absolute atomic E-state index is 0.200. The first-order chi connectivity index (χ1) is 21.7. The second-order valence-corrected chi connectivity index (χ2v) is 27.4. The number of nitrogens with zero attached hydrogens (tertiary/aromatic N) is 4. The van der Waals surface area contributed by atoms with Crippen LogP contribution in [0.5, 0.6) is 0 Å². The average Bonchev–Trinajstić information content (AvgIpc) is 2.98. The summed E-state index contributed by atoms with van der Waals surface area (Å²) < 4.78 is 49.3. The summed E-state index contributed by atoms with van der Waals surface area (Å²) in [7, 11) is -9.41. The molecule has 0 amide bonds. The lowest BCUT2D eigenvalue weighted by Gasteiger charge is -2.38. The van der Waals surface area contributed by atoms with Crippen molar-refractivity contribution < 1.29 is 32.9 Å². The Morgan fingerprint density at radius 3 is 1.24 bits per heavy atom. The van der Waals surface area contributed by atoms with Gasteiger partial charge < -0.3 is 32.9 Å². The van der Waals surface area contributed by atoms with Gasteiger partial charge in [-0.15, -0.1) is 0 Å². The van der Waals surface area contributed by atoms with Crippen molar-refractivity contribution in [3.8, 4) is 0 Å². The molecule has 12 nitrogen and oxygen atoms in total. The molecule has 0 saturated carbocycles. The van der Waals surface area contributed by atoms with Gasteiger partial charge in [0.1, 0.15) is 0 Å². The largest absolute Gasteiger partial charge is 0.642 e. The molecule has 0 spiro atoms. The molecule has 0 aromatic carbocycles. The molecule has 45 heavy (non-hydrogen) atoms. The standard InChI is InChI=1S/C20H36N4O8S4Si9/c1-43(2,16-8-12-24-20-36)31-44(3,4)32-45(28-40-25-37-13-5-9-21-17-33,29-41-26-38-14-6-10-22-18-34)30-42-27-39-15-7-11-23-19-35/h5-16H2,1-4H3. The molecule has 0 atom stereocenters. The van der Waals surface area contributed by atoms with Crippen LogP contribution in [0.4, 0.5) is 0 Å². The molecule has 244 valence electrons. The van der Waals surface area contributed by atoms with Gasteiger partial charge in [0, 0.05) is 26.2 Å². The molecular weight excluding hydrogens is 805 g/mol. The number of hydrogen-bond acceptors (Lipinski definition) is 16. The molecule has 0 bridgehead atoms. The zero-order valence-corrected chi connectivity index (χ0v) is 37.9. The smallest absolute Gasteiger partial charge is 0.436 e. The van der Waals surface area contributed by atoms with E-state index in [0.29, 0.717) is 26.2 Å². The van der Waals surface area contributed by atoms with E-state index in [1.165, 1.54) is 0 Å². The van der Waals surface area contributed by atoms with E-state index in [9.17, 15) is 0 Å². The maximum absolute atomic E-state index is 6.69. The number of thiocarbonyl (C=S) groups is 4. The van der Waals surface area contributed by atoms with Crippen molar-refractivity contribution >= 4 is 155 Å². The van der Waals surface area contributed by atoms with E-state index >= 15 is 0 Å². The quantitative estimate of drug-likeness (QED) is 0.0419. The SMILES string of the molecule is C[Si](C)(CCCN=C=S)O[Si](C)(C)O[Si](O[Si]O[Si]CCCN=C=S)(O[Si]O[Si]CCCN=C=S)O[Si]O[Si]CCCN=C=S. The molecule has 0 rings (SSSR count). The van der Waals surface area contributed by atoms with Crippen LogP contribution in [0.2, 0.25) is 50.4 Å². The fourth-order valence-electron chi connectivity index (χ4n) is 3.08. The van der Waals surface area contributed by atoms with Gasteiger partial charge in [-0.2, -0.15) is 0 Å². The summed E-state index contributed by atoms with van der Waals surface area (Å²) in [6, 6.07) is 3.30. The third kappa shape index (κ3) is 29.5. The monoisotopic (exact) mass is 840 g/mol. The van der Waals surface area contributed by atoms with Crippen LogP contribution in [0.25, 0.3) is 0 Å². The van der Waals surface area contributed by atoms with Gasteiger partial charge in [0.15, 0.2) is 8.32 Å². The number of hydrogen-bond donors (Lipinski definition) is 0. The molecular formula is C20H36N4O8S4Si9. The maximum atomic E-state index is 6.69. The molecule has 0 N–H and O–H groups in total. The third-order valence-electron chi connectivity index (χ3n) is 4.69. The molecule has 0 heterocycles. The molecule has 0 aromatic rings. The van der Waals surface area contributed by atoms with Gasteiger partial charge in [-0.05, 0) is 125 Å². The van der Waals surface area contributed by atoms with Gasteiger partial charge in [0.05, 0.1) is 20.6 Å². The minimum Gasteiger partial charge on any atom is -0.436 e. The Morgan fingerprint density at radius 2 is 0.889 bits per heavy atom. The van der Waals surface area contributed by atoms with Crippen molar-refractivity contribution in [3.63, 3.8) is 0 Å². The predicted molar refractivity (Wildman–Crippen MR) is 201 cm³/mol. The lowest BCUT2D eigenvalue weighted by atomic mass is 10.5. The summed E-state index contributed by atoms with van der Waals surface area (Å²) in [6.45, 7) is 10.7. The number of aliphatic imine (C=N–C) groups is 4. The van der Waals surface area contributed by atoms with E-state index in [1.807, 2.05) is 13.1 Å². The van der Waals surface area contributed by atoms with Crippen molar-refractivity contribution in [2.75, 3.05) is 26.2 Å². The lowest BCUT2D eigenvalue weighted by molar-refractivity contribution is 0.131. The first-order valence-corrected chi connectivity index (χ1v) is 28.6. The Labute approximate surface area is 307 Å². The summed E-state index contributed by atoms with van der Waals surface area (Å²) in [5.41, 5.74) is 0. The van der Waals surface area contributed by atoms with E-state index in [2.05, 4.69) is 103 Å². The maximum Gasteiger partial charge on any atom is 0.642 e. The lowest BCUT2D eigenvalue weighted by Crippen LogP contribution is -2.61. The van der Waals surface area contributed by atoms with Crippen LogP contribution in [-0.4, -0.2) is 132 Å². The summed E-state index contributed by atoms with van der Waals surface area (Å²) in [6.07, 6.45) is 3.35. The first-order valence-electron chi connectivity index (χ1n) is 13.7. The van der Waals surface area contributed by atoms with Crippen molar-refractivity contribution in [1.29, 1.82) is 0 Å². The van der Waals surface area contributed by atoms with Crippen molar-refractivity contribution in [3.05, 3.63) is 0 Å². The van der Waals surface area contributed by atoms with Crippen molar-refractivity contribution in [2.24, 2.45) is 20.0 Å². The summed E-state index contributed by atoms with van der Waals surface area (Å²) in [5.74, 6) is 0. The predicted octanol–water partition coefficient (Wildman–Crippen LogP) is 4.15. The fourth-order valence-corrected chi connectivity index (χ4v) is 22.1. The summed E-state index contributed by atoms with van der Waals surface area (Å²) in [4.78, 5) is 15.8. The number of isothiocyanates is 4. The van der Waals surface area contributed by atoms with E-state index in [-0.39, 0.29) is 59.3 Å². The third-order valence-corrected chi connectivity index (χ3v) is 22.3. The summed E-state index contributed by atoms with van der Waals surface area (Å²) >= 11 is 18.5. The normalized spacial score (nSPS) is 12.7. The van der Waals surface area contributed by atoms with E-state index in [0.717, 1.165) is 49.9 Å². The van der Waals surface area contributed by atoms with Gasteiger partial charge in [0.25, 0.3) is 0 Å². The topological polar surface area (TPSA) is 123 Å². The molecule has 0 aliphatic carbocycles. The average molecular weight is 842 g/mol. The molecule has 0 aromatic heterocycles. The van der Waals surface area contributed by atoms with Crippen LogP contribution in [0.3, 0.4) is 0 Å². The first kappa shape index (κ1) is 45.8. The fraction of sp³-hybridized carbons (Fsp3) is 0.800. The Hall–Kier alpha value is 0.832. The van der Waals surface area contributed by atoms with Crippen LogP contribution < -0.4 is 0 Å². The van der Waals surface area contributed by atoms with Gasteiger partial charge in [0.2, 0.25) is 29.3 Å². The minimum atomic E-state index is -3.85. The Kier molecular flexibility index (Phi) is 31.4. The van der Waals surface area contributed by atoms with Crippen LogP contribution in [-0.2, 0) is 32.9 Å². The Morgan fingerprint density at radius 1 is 0.533 bits per heavy atom. The van der Waals surface area contributed by atoms with Gasteiger partial charge in [-0.1, -0.05) is 0 Å².